The number of amides is 1. The highest BCUT2D eigenvalue weighted by Crippen LogP contribution is 2.26. The number of aliphatic carboxylic acids is 1. The van der Waals surface area contributed by atoms with E-state index in [0.29, 0.717) is 19.4 Å². The summed E-state index contributed by atoms with van der Waals surface area (Å²) in [5, 5.41) is 9.15. The number of carboxylic acids is 1. The van der Waals surface area contributed by atoms with Gasteiger partial charge in [-0.15, -0.1) is 0 Å². The summed E-state index contributed by atoms with van der Waals surface area (Å²) in [6.45, 7) is 2.25. The average Bonchev–Trinajstić information content (AvgIpc) is 2.93. The number of hydrogen-bond acceptors (Lipinski definition) is 4. The molecule has 6 nitrogen and oxygen atoms in total. The molecule has 0 aliphatic carbocycles. The van der Waals surface area contributed by atoms with Gasteiger partial charge in [0, 0.05) is 20.1 Å². The summed E-state index contributed by atoms with van der Waals surface area (Å²) in [5.41, 5.74) is 0. The fourth-order valence-corrected chi connectivity index (χ4v) is 2.62. The summed E-state index contributed by atoms with van der Waals surface area (Å²) >= 11 is 0. The summed E-state index contributed by atoms with van der Waals surface area (Å²) in [7, 11) is 1.53. The van der Waals surface area contributed by atoms with Gasteiger partial charge in [0.2, 0.25) is 0 Å². The Bertz CT molecular complexity index is 345. The maximum absolute atomic E-state index is 12.3. The molecule has 2 rings (SSSR count). The minimum Gasteiger partial charge on any atom is -0.480 e. The molecule has 0 spiro atoms. The lowest BCUT2D eigenvalue weighted by Crippen LogP contribution is -2.45. The monoisotopic (exact) mass is 257 g/mol. The normalized spacial score (nSPS) is 36.0. The molecule has 0 radical (unpaired) electrons. The van der Waals surface area contributed by atoms with Gasteiger partial charge in [-0.05, 0) is 19.8 Å². The second kappa shape index (κ2) is 5.24. The van der Waals surface area contributed by atoms with Crippen LogP contribution in [0.3, 0.4) is 0 Å². The Morgan fingerprint density at radius 2 is 2.11 bits per heavy atom. The summed E-state index contributed by atoms with van der Waals surface area (Å²) in [6, 6.07) is -0.790. The summed E-state index contributed by atoms with van der Waals surface area (Å²) in [4.78, 5) is 24.8. The summed E-state index contributed by atoms with van der Waals surface area (Å²) in [5.74, 6) is -1.19. The molecule has 18 heavy (non-hydrogen) atoms. The molecule has 4 unspecified atom stereocenters. The van der Waals surface area contributed by atoms with Crippen molar-refractivity contribution in [3.63, 3.8) is 0 Å². The average molecular weight is 257 g/mol. The second-order valence-corrected chi connectivity index (χ2v) is 4.95. The van der Waals surface area contributed by atoms with E-state index in [0.717, 1.165) is 6.42 Å². The summed E-state index contributed by atoms with van der Waals surface area (Å²) < 4.78 is 10.7. The van der Waals surface area contributed by atoms with Crippen molar-refractivity contribution in [2.24, 2.45) is 0 Å². The predicted molar refractivity (Wildman–Crippen MR) is 62.1 cm³/mol. The Morgan fingerprint density at radius 3 is 2.61 bits per heavy atom. The van der Waals surface area contributed by atoms with Gasteiger partial charge >= 0.3 is 5.97 Å². The number of ether oxygens (including phenoxy) is 2. The minimum atomic E-state index is -0.978. The van der Waals surface area contributed by atoms with E-state index in [2.05, 4.69) is 0 Å². The van der Waals surface area contributed by atoms with Gasteiger partial charge in [0.25, 0.3) is 5.91 Å². The highest BCUT2D eigenvalue weighted by Gasteiger charge is 2.43. The lowest BCUT2D eigenvalue weighted by molar-refractivity contribution is -0.153. The van der Waals surface area contributed by atoms with Crippen LogP contribution in [0.2, 0.25) is 0 Å². The zero-order valence-corrected chi connectivity index (χ0v) is 10.7. The number of carbonyl (C=O) groups excluding carboxylic acids is 1. The van der Waals surface area contributed by atoms with Crippen molar-refractivity contribution in [2.75, 3.05) is 13.7 Å². The van der Waals surface area contributed by atoms with Crippen molar-refractivity contribution in [1.82, 2.24) is 4.90 Å². The molecule has 0 aromatic heterocycles. The first-order valence-electron chi connectivity index (χ1n) is 6.24. The Hall–Kier alpha value is -1.14. The Morgan fingerprint density at radius 1 is 1.39 bits per heavy atom. The summed E-state index contributed by atoms with van der Waals surface area (Å²) in [6.07, 6.45) is 1.24. The van der Waals surface area contributed by atoms with Crippen molar-refractivity contribution >= 4 is 11.9 Å². The molecule has 2 saturated heterocycles. The highest BCUT2D eigenvalue weighted by atomic mass is 16.5. The number of hydrogen-bond donors (Lipinski definition) is 1. The van der Waals surface area contributed by atoms with E-state index in [-0.39, 0.29) is 18.1 Å². The molecule has 4 atom stereocenters. The van der Waals surface area contributed by atoms with Crippen LogP contribution in [-0.2, 0) is 19.1 Å². The molecule has 0 bridgehead atoms. The molecule has 0 aromatic rings. The molecule has 0 aromatic carbocycles. The van der Waals surface area contributed by atoms with Crippen LogP contribution in [0.5, 0.6) is 0 Å². The molecule has 1 amide bonds. The van der Waals surface area contributed by atoms with Gasteiger partial charge in [0.1, 0.15) is 12.1 Å². The van der Waals surface area contributed by atoms with Crippen LogP contribution in [0.1, 0.15) is 26.2 Å². The lowest BCUT2D eigenvalue weighted by Gasteiger charge is -2.24. The van der Waals surface area contributed by atoms with E-state index in [9.17, 15) is 9.59 Å². The van der Waals surface area contributed by atoms with Crippen molar-refractivity contribution in [3.05, 3.63) is 0 Å². The molecule has 2 heterocycles. The van der Waals surface area contributed by atoms with Crippen LogP contribution in [-0.4, -0.2) is 59.9 Å². The van der Waals surface area contributed by atoms with Crippen LogP contribution < -0.4 is 0 Å². The van der Waals surface area contributed by atoms with Gasteiger partial charge in [0.15, 0.2) is 0 Å². The van der Waals surface area contributed by atoms with Crippen molar-refractivity contribution < 1.29 is 24.2 Å². The third-order valence-electron chi connectivity index (χ3n) is 3.67. The van der Waals surface area contributed by atoms with Crippen LogP contribution >= 0.6 is 0 Å². The number of methoxy groups -OCH3 is 1. The zero-order chi connectivity index (χ0) is 13.3. The van der Waals surface area contributed by atoms with E-state index >= 15 is 0 Å². The molecule has 6 heteroatoms. The van der Waals surface area contributed by atoms with Crippen LogP contribution in [0.25, 0.3) is 0 Å². The fourth-order valence-electron chi connectivity index (χ4n) is 2.62. The molecule has 1 N–H and O–H groups in total. The number of carboxylic acid groups (broad SMARTS) is 1. The molecule has 2 aliphatic rings. The van der Waals surface area contributed by atoms with E-state index in [1.807, 2.05) is 6.92 Å². The third kappa shape index (κ3) is 2.49. The van der Waals surface area contributed by atoms with Gasteiger partial charge in [-0.3, -0.25) is 4.79 Å². The third-order valence-corrected chi connectivity index (χ3v) is 3.67. The second-order valence-electron chi connectivity index (χ2n) is 4.95. The molecule has 102 valence electrons. The quantitative estimate of drug-likeness (QED) is 0.784. The number of carbonyl (C=O) groups is 2. The first kappa shape index (κ1) is 13.3. The Balaban J connectivity index is 2.05. The van der Waals surface area contributed by atoms with E-state index < -0.39 is 18.1 Å². The lowest BCUT2D eigenvalue weighted by atomic mass is 10.1. The highest BCUT2D eigenvalue weighted by molar-refractivity contribution is 5.87. The molecular formula is C12H19NO5. The SMILES string of the molecule is COC1CC(C(=O)O)N(C(=O)C2CCC(C)O2)C1. The minimum absolute atomic E-state index is 0.0723. The Labute approximate surface area is 106 Å². The van der Waals surface area contributed by atoms with Gasteiger partial charge < -0.3 is 19.5 Å². The number of nitrogens with zero attached hydrogens (tertiary/aromatic N) is 1. The maximum Gasteiger partial charge on any atom is 0.326 e. The molecule has 2 fully saturated rings. The van der Waals surface area contributed by atoms with Gasteiger partial charge in [-0.25, -0.2) is 4.79 Å². The van der Waals surface area contributed by atoms with E-state index in [1.165, 1.54) is 12.0 Å². The first-order valence-corrected chi connectivity index (χ1v) is 6.24. The largest absolute Gasteiger partial charge is 0.480 e. The predicted octanol–water partition coefficient (Wildman–Crippen LogP) is 0.254. The topological polar surface area (TPSA) is 76.1 Å². The van der Waals surface area contributed by atoms with E-state index in [4.69, 9.17) is 14.6 Å². The fraction of sp³-hybridized carbons (Fsp3) is 0.833. The molecular weight excluding hydrogens is 238 g/mol. The van der Waals surface area contributed by atoms with Crippen LogP contribution in [0.15, 0.2) is 0 Å². The van der Waals surface area contributed by atoms with Crippen molar-refractivity contribution in [1.29, 1.82) is 0 Å². The maximum atomic E-state index is 12.3. The van der Waals surface area contributed by atoms with Crippen LogP contribution in [0.4, 0.5) is 0 Å². The van der Waals surface area contributed by atoms with Gasteiger partial charge in [-0.2, -0.15) is 0 Å². The number of rotatable bonds is 3. The van der Waals surface area contributed by atoms with Crippen LogP contribution in [0, 0.1) is 0 Å². The van der Waals surface area contributed by atoms with E-state index in [1.54, 1.807) is 0 Å². The van der Waals surface area contributed by atoms with Gasteiger partial charge in [0.05, 0.1) is 12.2 Å². The van der Waals surface area contributed by atoms with Crippen molar-refractivity contribution in [3.8, 4) is 0 Å². The smallest absolute Gasteiger partial charge is 0.326 e. The van der Waals surface area contributed by atoms with Crippen molar-refractivity contribution in [2.45, 2.75) is 50.5 Å². The Kier molecular flexibility index (Phi) is 3.87. The first-order chi connectivity index (χ1) is 8.52. The molecule has 2 aliphatic heterocycles. The number of likely N-dealkylation sites (tertiary alicyclic amines) is 1. The molecule has 0 saturated carbocycles. The van der Waals surface area contributed by atoms with Gasteiger partial charge in [-0.1, -0.05) is 0 Å². The standard InChI is InChI=1S/C12H19NO5/c1-7-3-4-10(18-7)11(14)13-6-8(17-2)5-9(13)12(15)16/h7-10H,3-6H2,1-2H3,(H,15,16). The zero-order valence-electron chi connectivity index (χ0n) is 10.7.